The zero-order valence-corrected chi connectivity index (χ0v) is 11.3. The first-order valence-electron chi connectivity index (χ1n) is 6.63. The van der Waals surface area contributed by atoms with E-state index in [9.17, 15) is 4.39 Å². The molecule has 2 N–H and O–H groups in total. The predicted molar refractivity (Wildman–Crippen MR) is 81.1 cm³/mol. The number of rotatable bonds is 3. The van der Waals surface area contributed by atoms with E-state index in [0.717, 1.165) is 16.8 Å². The van der Waals surface area contributed by atoms with Gasteiger partial charge >= 0.3 is 0 Å². The number of hydrogen-bond acceptors (Lipinski definition) is 3. The van der Waals surface area contributed by atoms with Crippen molar-refractivity contribution < 1.29 is 4.39 Å². The molecule has 3 rings (SSSR count). The number of aromatic nitrogens is 2. The van der Waals surface area contributed by atoms with Gasteiger partial charge in [0.15, 0.2) is 0 Å². The fraction of sp³-hybridized carbons (Fsp3) is 0.0588. The normalized spacial score (nSPS) is 10.5. The van der Waals surface area contributed by atoms with Crippen LogP contribution in [-0.2, 0) is 6.42 Å². The van der Waals surface area contributed by atoms with E-state index in [1.165, 1.54) is 12.1 Å². The third-order valence-electron chi connectivity index (χ3n) is 3.23. The molecule has 4 heteroatoms. The van der Waals surface area contributed by atoms with E-state index in [-0.39, 0.29) is 5.82 Å². The van der Waals surface area contributed by atoms with Gasteiger partial charge in [0, 0.05) is 12.0 Å². The van der Waals surface area contributed by atoms with Crippen LogP contribution in [0.25, 0.3) is 11.3 Å². The number of halogens is 1. The van der Waals surface area contributed by atoms with Crippen LogP contribution < -0.4 is 5.73 Å². The second kappa shape index (κ2) is 5.71. The van der Waals surface area contributed by atoms with Crippen molar-refractivity contribution in [2.24, 2.45) is 0 Å². The molecule has 3 nitrogen and oxygen atoms in total. The van der Waals surface area contributed by atoms with Gasteiger partial charge in [0.2, 0.25) is 0 Å². The third kappa shape index (κ3) is 3.05. The number of benzene rings is 2. The standard InChI is InChI=1S/C17H14FN3/c18-14-8-6-13(7-9-14)16-11-20-17(19)15(21-16)10-12-4-2-1-3-5-12/h1-9,11H,10H2,(H2,19,20). The smallest absolute Gasteiger partial charge is 0.145 e. The predicted octanol–water partition coefficient (Wildman–Crippen LogP) is 3.46. The van der Waals surface area contributed by atoms with Crippen LogP contribution in [0.1, 0.15) is 11.3 Å². The Hall–Kier alpha value is -2.75. The second-order valence-electron chi connectivity index (χ2n) is 4.76. The summed E-state index contributed by atoms with van der Waals surface area (Å²) in [5.74, 6) is 0.149. The maximum Gasteiger partial charge on any atom is 0.145 e. The maximum absolute atomic E-state index is 13.0. The summed E-state index contributed by atoms with van der Waals surface area (Å²) in [5.41, 5.74) is 9.26. The Kier molecular flexibility index (Phi) is 3.60. The molecule has 2 aromatic carbocycles. The zero-order valence-electron chi connectivity index (χ0n) is 11.3. The van der Waals surface area contributed by atoms with Crippen molar-refractivity contribution in [2.45, 2.75) is 6.42 Å². The molecule has 0 aliphatic rings. The SMILES string of the molecule is Nc1ncc(-c2ccc(F)cc2)nc1Cc1ccccc1. The molecule has 0 amide bonds. The van der Waals surface area contributed by atoms with Crippen LogP contribution in [0.15, 0.2) is 60.8 Å². The van der Waals surface area contributed by atoms with E-state index in [1.54, 1.807) is 18.3 Å². The Balaban J connectivity index is 1.94. The van der Waals surface area contributed by atoms with Gasteiger partial charge in [-0.25, -0.2) is 14.4 Å². The second-order valence-corrected chi connectivity index (χ2v) is 4.76. The summed E-state index contributed by atoms with van der Waals surface area (Å²) in [5, 5.41) is 0. The van der Waals surface area contributed by atoms with E-state index >= 15 is 0 Å². The average Bonchev–Trinajstić information content (AvgIpc) is 2.51. The highest BCUT2D eigenvalue weighted by atomic mass is 19.1. The molecule has 0 saturated heterocycles. The van der Waals surface area contributed by atoms with Gasteiger partial charge in [-0.05, 0) is 29.8 Å². The first-order chi connectivity index (χ1) is 10.2. The van der Waals surface area contributed by atoms with Gasteiger partial charge in [0.05, 0.1) is 17.6 Å². The van der Waals surface area contributed by atoms with Crippen molar-refractivity contribution in [3.63, 3.8) is 0 Å². The molecule has 21 heavy (non-hydrogen) atoms. The quantitative estimate of drug-likeness (QED) is 0.798. The zero-order chi connectivity index (χ0) is 14.7. The van der Waals surface area contributed by atoms with Gasteiger partial charge in [0.1, 0.15) is 11.6 Å². The summed E-state index contributed by atoms with van der Waals surface area (Å²) >= 11 is 0. The summed E-state index contributed by atoms with van der Waals surface area (Å²) in [6.07, 6.45) is 2.23. The van der Waals surface area contributed by atoms with Crippen molar-refractivity contribution >= 4 is 5.82 Å². The topological polar surface area (TPSA) is 51.8 Å². The van der Waals surface area contributed by atoms with Crippen molar-refractivity contribution in [2.75, 3.05) is 5.73 Å². The Morgan fingerprint density at radius 2 is 1.67 bits per heavy atom. The van der Waals surface area contributed by atoms with Gasteiger partial charge in [-0.15, -0.1) is 0 Å². The number of nitrogen functional groups attached to an aromatic ring is 1. The molecule has 1 aromatic heterocycles. The minimum absolute atomic E-state index is 0.272. The molecule has 104 valence electrons. The lowest BCUT2D eigenvalue weighted by atomic mass is 10.1. The summed E-state index contributed by atoms with van der Waals surface area (Å²) in [4.78, 5) is 8.75. The van der Waals surface area contributed by atoms with E-state index in [4.69, 9.17) is 5.73 Å². The molecule has 0 fully saturated rings. The third-order valence-corrected chi connectivity index (χ3v) is 3.23. The lowest BCUT2D eigenvalue weighted by Gasteiger charge is -2.07. The minimum Gasteiger partial charge on any atom is -0.382 e. The highest BCUT2D eigenvalue weighted by Gasteiger charge is 2.07. The molecule has 0 radical (unpaired) electrons. The van der Waals surface area contributed by atoms with Crippen molar-refractivity contribution in [1.82, 2.24) is 9.97 Å². The van der Waals surface area contributed by atoms with Gasteiger partial charge in [-0.3, -0.25) is 0 Å². The minimum atomic E-state index is -0.272. The van der Waals surface area contributed by atoms with Gasteiger partial charge in [0.25, 0.3) is 0 Å². The average molecular weight is 279 g/mol. The Morgan fingerprint density at radius 3 is 2.38 bits per heavy atom. The van der Waals surface area contributed by atoms with Crippen LogP contribution in [0.5, 0.6) is 0 Å². The summed E-state index contributed by atoms with van der Waals surface area (Å²) < 4.78 is 13.0. The number of nitrogens with zero attached hydrogens (tertiary/aromatic N) is 2. The highest BCUT2D eigenvalue weighted by Crippen LogP contribution is 2.20. The van der Waals surface area contributed by atoms with Crippen molar-refractivity contribution in [1.29, 1.82) is 0 Å². The fourth-order valence-corrected chi connectivity index (χ4v) is 2.12. The van der Waals surface area contributed by atoms with Gasteiger partial charge in [-0.1, -0.05) is 30.3 Å². The lowest BCUT2D eigenvalue weighted by Crippen LogP contribution is -2.03. The first-order valence-corrected chi connectivity index (χ1v) is 6.63. The molecule has 0 bridgehead atoms. The molecule has 0 unspecified atom stereocenters. The number of hydrogen-bond donors (Lipinski definition) is 1. The molecular formula is C17H14FN3. The van der Waals surface area contributed by atoms with Crippen LogP contribution in [0, 0.1) is 5.82 Å². The van der Waals surface area contributed by atoms with E-state index in [0.29, 0.717) is 17.9 Å². The fourth-order valence-electron chi connectivity index (χ4n) is 2.12. The molecule has 0 saturated carbocycles. The van der Waals surface area contributed by atoms with Gasteiger partial charge in [-0.2, -0.15) is 0 Å². The molecule has 0 aliphatic heterocycles. The summed E-state index contributed by atoms with van der Waals surface area (Å²) in [7, 11) is 0. The van der Waals surface area contributed by atoms with Crippen LogP contribution >= 0.6 is 0 Å². The Morgan fingerprint density at radius 1 is 0.952 bits per heavy atom. The van der Waals surface area contributed by atoms with Crippen molar-refractivity contribution in [3.8, 4) is 11.3 Å². The Labute approximate surface area is 122 Å². The van der Waals surface area contributed by atoms with Gasteiger partial charge < -0.3 is 5.73 Å². The van der Waals surface area contributed by atoms with Crippen LogP contribution in [0.3, 0.4) is 0 Å². The first kappa shape index (κ1) is 13.2. The monoisotopic (exact) mass is 279 g/mol. The highest BCUT2D eigenvalue weighted by molar-refractivity contribution is 5.59. The number of anilines is 1. The van der Waals surface area contributed by atoms with Crippen LogP contribution in [0.4, 0.5) is 10.2 Å². The maximum atomic E-state index is 13.0. The molecule has 0 spiro atoms. The summed E-state index contributed by atoms with van der Waals surface area (Å²) in [6, 6.07) is 16.1. The number of nitrogens with two attached hydrogens (primary N) is 1. The lowest BCUT2D eigenvalue weighted by molar-refractivity contribution is 0.628. The van der Waals surface area contributed by atoms with Crippen LogP contribution in [-0.4, -0.2) is 9.97 Å². The van der Waals surface area contributed by atoms with E-state index in [2.05, 4.69) is 9.97 Å². The largest absolute Gasteiger partial charge is 0.382 e. The van der Waals surface area contributed by atoms with E-state index < -0.39 is 0 Å². The van der Waals surface area contributed by atoms with Crippen molar-refractivity contribution in [3.05, 3.63) is 77.9 Å². The van der Waals surface area contributed by atoms with Crippen LogP contribution in [0.2, 0.25) is 0 Å². The summed E-state index contributed by atoms with van der Waals surface area (Å²) in [6.45, 7) is 0. The molecule has 1 heterocycles. The molecule has 0 aliphatic carbocycles. The molecule has 3 aromatic rings. The van der Waals surface area contributed by atoms with E-state index in [1.807, 2.05) is 30.3 Å². The molecule has 0 atom stereocenters. The molecular weight excluding hydrogens is 265 g/mol. The Bertz CT molecular complexity index is 740.